The molecule has 4 nitrogen and oxygen atoms in total. The molecule has 0 atom stereocenters. The summed E-state index contributed by atoms with van der Waals surface area (Å²) in [6.07, 6.45) is 1.44. The molecule has 0 unspecified atom stereocenters. The minimum atomic E-state index is -0.487. The van der Waals surface area contributed by atoms with Crippen molar-refractivity contribution in [2.24, 2.45) is 0 Å². The quantitative estimate of drug-likeness (QED) is 0.782. The molecule has 106 valence electrons. The molecule has 1 aromatic heterocycles. The Bertz CT molecular complexity index is 604. The summed E-state index contributed by atoms with van der Waals surface area (Å²) in [7, 11) is 0. The van der Waals surface area contributed by atoms with Gasteiger partial charge in [0.1, 0.15) is 12.4 Å². The van der Waals surface area contributed by atoms with Crippen molar-refractivity contribution in [3.63, 3.8) is 0 Å². The fourth-order valence-corrected chi connectivity index (χ4v) is 1.89. The molecule has 0 N–H and O–H groups in total. The van der Waals surface area contributed by atoms with Crippen molar-refractivity contribution >= 4 is 17.6 Å². The minimum Gasteiger partial charge on any atom is -0.488 e. The summed E-state index contributed by atoms with van der Waals surface area (Å²) in [6, 6.07) is 7.12. The van der Waals surface area contributed by atoms with E-state index >= 15 is 0 Å². The van der Waals surface area contributed by atoms with Crippen LogP contribution in [0.2, 0.25) is 5.02 Å². The van der Waals surface area contributed by atoms with E-state index in [-0.39, 0.29) is 12.4 Å². The maximum absolute atomic E-state index is 11.7. The highest BCUT2D eigenvalue weighted by Gasteiger charge is 2.17. The Labute approximate surface area is 122 Å². The second-order valence-corrected chi connectivity index (χ2v) is 4.55. The number of ether oxygens (including phenoxy) is 2. The first-order valence-corrected chi connectivity index (χ1v) is 6.62. The van der Waals surface area contributed by atoms with Gasteiger partial charge < -0.3 is 13.9 Å². The second kappa shape index (κ2) is 6.48. The largest absolute Gasteiger partial charge is 0.488 e. The topological polar surface area (TPSA) is 48.7 Å². The van der Waals surface area contributed by atoms with E-state index in [9.17, 15) is 4.79 Å². The molecule has 2 aromatic rings. The normalized spacial score (nSPS) is 10.3. The number of hydrogen-bond acceptors (Lipinski definition) is 4. The Balaban J connectivity index is 2.10. The molecular weight excluding hydrogens is 280 g/mol. The molecule has 5 heteroatoms. The van der Waals surface area contributed by atoms with Gasteiger partial charge in [-0.15, -0.1) is 0 Å². The Hall–Kier alpha value is -1.94. The Morgan fingerprint density at radius 3 is 2.90 bits per heavy atom. The van der Waals surface area contributed by atoms with Gasteiger partial charge in [0.25, 0.3) is 0 Å². The van der Waals surface area contributed by atoms with E-state index in [1.165, 1.54) is 6.26 Å². The van der Waals surface area contributed by atoms with Crippen LogP contribution in [0.15, 0.2) is 34.9 Å². The SMILES string of the molecule is CCOC(=O)c1occc1COc1cccc(Cl)c1C. The summed E-state index contributed by atoms with van der Waals surface area (Å²) in [6.45, 7) is 4.13. The molecule has 0 fully saturated rings. The molecule has 0 saturated heterocycles. The highest BCUT2D eigenvalue weighted by atomic mass is 35.5. The number of hydrogen-bond donors (Lipinski definition) is 0. The van der Waals surface area contributed by atoms with E-state index in [2.05, 4.69) is 0 Å². The molecule has 1 aromatic carbocycles. The van der Waals surface area contributed by atoms with Crippen molar-refractivity contribution in [1.29, 1.82) is 0 Å². The van der Waals surface area contributed by atoms with Crippen LogP contribution in [0.1, 0.15) is 28.6 Å². The third-order valence-corrected chi connectivity index (χ3v) is 3.22. The van der Waals surface area contributed by atoms with Gasteiger partial charge in [0.2, 0.25) is 5.76 Å². The van der Waals surface area contributed by atoms with Crippen LogP contribution < -0.4 is 4.74 Å². The number of rotatable bonds is 5. The number of benzene rings is 1. The van der Waals surface area contributed by atoms with Crippen molar-refractivity contribution in [2.75, 3.05) is 6.61 Å². The summed E-state index contributed by atoms with van der Waals surface area (Å²) < 4.78 is 15.7. The first-order valence-electron chi connectivity index (χ1n) is 6.25. The maximum atomic E-state index is 11.7. The number of carbonyl (C=O) groups is 1. The van der Waals surface area contributed by atoms with Crippen LogP contribution in [0.4, 0.5) is 0 Å². The van der Waals surface area contributed by atoms with Crippen LogP contribution in [0, 0.1) is 6.92 Å². The average molecular weight is 295 g/mol. The lowest BCUT2D eigenvalue weighted by molar-refractivity contribution is 0.0486. The highest BCUT2D eigenvalue weighted by molar-refractivity contribution is 6.31. The molecule has 0 radical (unpaired) electrons. The van der Waals surface area contributed by atoms with E-state index in [0.717, 1.165) is 5.56 Å². The number of carbonyl (C=O) groups excluding carboxylic acids is 1. The monoisotopic (exact) mass is 294 g/mol. The molecule has 20 heavy (non-hydrogen) atoms. The Morgan fingerprint density at radius 1 is 1.35 bits per heavy atom. The molecule has 0 aliphatic heterocycles. The van der Waals surface area contributed by atoms with Gasteiger partial charge in [-0.2, -0.15) is 0 Å². The molecule has 0 amide bonds. The standard InChI is InChI=1S/C15H15ClO4/c1-3-18-15(17)14-11(7-8-19-14)9-20-13-6-4-5-12(16)10(13)2/h4-8H,3,9H2,1-2H3. The van der Waals surface area contributed by atoms with Gasteiger partial charge in [-0.25, -0.2) is 4.79 Å². The molecule has 0 aliphatic carbocycles. The third kappa shape index (κ3) is 3.14. The van der Waals surface area contributed by atoms with E-state index < -0.39 is 5.97 Å². The molecule has 1 heterocycles. The predicted molar refractivity (Wildman–Crippen MR) is 75.2 cm³/mol. The summed E-state index contributed by atoms with van der Waals surface area (Å²) in [5.74, 6) is 0.360. The molecule has 2 rings (SSSR count). The molecular formula is C15H15ClO4. The van der Waals surface area contributed by atoms with Crippen molar-refractivity contribution in [2.45, 2.75) is 20.5 Å². The first-order chi connectivity index (χ1) is 9.63. The van der Waals surface area contributed by atoms with Gasteiger partial charge in [-0.3, -0.25) is 0 Å². The summed E-state index contributed by atoms with van der Waals surface area (Å²) >= 11 is 6.02. The Kier molecular flexibility index (Phi) is 4.69. The summed E-state index contributed by atoms with van der Waals surface area (Å²) in [5, 5.41) is 0.639. The van der Waals surface area contributed by atoms with Crippen LogP contribution in [0.5, 0.6) is 5.75 Å². The number of esters is 1. The van der Waals surface area contributed by atoms with Gasteiger partial charge in [0, 0.05) is 16.1 Å². The van der Waals surface area contributed by atoms with Crippen molar-refractivity contribution in [3.05, 3.63) is 52.4 Å². The zero-order valence-corrected chi connectivity index (χ0v) is 12.1. The second-order valence-electron chi connectivity index (χ2n) is 4.15. The van der Waals surface area contributed by atoms with Gasteiger partial charge in [0.15, 0.2) is 0 Å². The fraction of sp³-hybridized carbons (Fsp3) is 0.267. The van der Waals surface area contributed by atoms with Crippen LogP contribution in [-0.4, -0.2) is 12.6 Å². The number of furan rings is 1. The van der Waals surface area contributed by atoms with Crippen LogP contribution in [0.25, 0.3) is 0 Å². The molecule has 0 saturated carbocycles. The third-order valence-electron chi connectivity index (χ3n) is 2.81. The van der Waals surface area contributed by atoms with Gasteiger partial charge in [-0.1, -0.05) is 17.7 Å². The highest BCUT2D eigenvalue weighted by Crippen LogP contribution is 2.26. The predicted octanol–water partition coefficient (Wildman–Crippen LogP) is 4.00. The van der Waals surface area contributed by atoms with E-state index in [4.69, 9.17) is 25.5 Å². The van der Waals surface area contributed by atoms with Crippen LogP contribution in [0.3, 0.4) is 0 Å². The molecule has 0 aliphatic rings. The molecule has 0 bridgehead atoms. The average Bonchev–Trinajstić information content (AvgIpc) is 2.89. The zero-order valence-electron chi connectivity index (χ0n) is 11.3. The van der Waals surface area contributed by atoms with Crippen LogP contribution in [-0.2, 0) is 11.3 Å². The van der Waals surface area contributed by atoms with E-state index in [1.807, 2.05) is 19.1 Å². The van der Waals surface area contributed by atoms with Crippen LogP contribution >= 0.6 is 11.6 Å². The molecule has 0 spiro atoms. The zero-order chi connectivity index (χ0) is 14.5. The summed E-state index contributed by atoms with van der Waals surface area (Å²) in [5.41, 5.74) is 1.50. The fourth-order valence-electron chi connectivity index (χ4n) is 1.72. The van der Waals surface area contributed by atoms with Crippen molar-refractivity contribution in [1.82, 2.24) is 0 Å². The van der Waals surface area contributed by atoms with Gasteiger partial charge in [0.05, 0.1) is 12.9 Å². The Morgan fingerprint density at radius 2 is 2.15 bits per heavy atom. The lowest BCUT2D eigenvalue weighted by Crippen LogP contribution is -2.07. The lowest BCUT2D eigenvalue weighted by atomic mass is 10.2. The smallest absolute Gasteiger partial charge is 0.374 e. The van der Waals surface area contributed by atoms with Crippen molar-refractivity contribution in [3.8, 4) is 5.75 Å². The van der Waals surface area contributed by atoms with Gasteiger partial charge >= 0.3 is 5.97 Å². The van der Waals surface area contributed by atoms with E-state index in [0.29, 0.717) is 22.9 Å². The van der Waals surface area contributed by atoms with Gasteiger partial charge in [-0.05, 0) is 32.0 Å². The maximum Gasteiger partial charge on any atom is 0.374 e. The number of halogens is 1. The van der Waals surface area contributed by atoms with Crippen molar-refractivity contribution < 1.29 is 18.7 Å². The minimum absolute atomic E-state index is 0.173. The van der Waals surface area contributed by atoms with E-state index in [1.54, 1.807) is 19.1 Å². The lowest BCUT2D eigenvalue weighted by Gasteiger charge is -2.09. The first kappa shape index (κ1) is 14.5. The summed E-state index contributed by atoms with van der Waals surface area (Å²) in [4.78, 5) is 11.7.